The van der Waals surface area contributed by atoms with Crippen molar-refractivity contribution in [2.45, 2.75) is 26.2 Å². The summed E-state index contributed by atoms with van der Waals surface area (Å²) >= 11 is 0. The molecule has 1 saturated heterocycles. The molecule has 1 aromatic rings. The molecule has 1 unspecified atom stereocenters. The molecule has 0 amide bonds. The molecule has 0 spiro atoms. The molecule has 88 valence electrons. The lowest BCUT2D eigenvalue weighted by atomic mass is 9.92. The quantitative estimate of drug-likeness (QED) is 0.815. The predicted molar refractivity (Wildman–Crippen MR) is 60.8 cm³/mol. The van der Waals surface area contributed by atoms with Gasteiger partial charge in [0, 0.05) is 18.0 Å². The highest BCUT2D eigenvalue weighted by atomic mass is 19.3. The van der Waals surface area contributed by atoms with E-state index >= 15 is 0 Å². The van der Waals surface area contributed by atoms with Crippen LogP contribution in [0.15, 0.2) is 18.2 Å². The topological polar surface area (TPSA) is 12.0 Å². The van der Waals surface area contributed by atoms with Gasteiger partial charge in [0.2, 0.25) is 0 Å². The molecule has 1 nitrogen and oxygen atoms in total. The number of benzene rings is 1. The van der Waals surface area contributed by atoms with E-state index in [-0.39, 0.29) is 5.56 Å². The van der Waals surface area contributed by atoms with Crippen molar-refractivity contribution in [3.8, 4) is 0 Å². The highest BCUT2D eigenvalue weighted by molar-refractivity contribution is 5.32. The molecule has 1 aliphatic heterocycles. The van der Waals surface area contributed by atoms with Gasteiger partial charge in [-0.2, -0.15) is 0 Å². The molecule has 1 aromatic carbocycles. The zero-order valence-electron chi connectivity index (χ0n) is 9.69. The van der Waals surface area contributed by atoms with Crippen molar-refractivity contribution in [2.75, 3.05) is 13.1 Å². The molecular weight excluding hydrogens is 208 g/mol. The monoisotopic (exact) mass is 225 g/mol. The minimum atomic E-state index is -2.71. The molecule has 0 saturated carbocycles. The summed E-state index contributed by atoms with van der Waals surface area (Å²) in [6.07, 6.45) is 0.555. The molecule has 1 atom stereocenters. The maximum Gasteiger partial charge on any atom is 0.277 e. The summed E-state index contributed by atoms with van der Waals surface area (Å²) < 4.78 is 28.3. The van der Waals surface area contributed by atoms with Gasteiger partial charge >= 0.3 is 0 Å². The largest absolute Gasteiger partial charge is 0.316 e. The lowest BCUT2D eigenvalue weighted by molar-refractivity contribution is -0.0576. The summed E-state index contributed by atoms with van der Waals surface area (Å²) in [7, 11) is 0. The Morgan fingerprint density at radius 2 is 2.00 bits per heavy atom. The first-order chi connectivity index (χ1) is 7.51. The Morgan fingerprint density at radius 3 is 2.56 bits per heavy atom. The van der Waals surface area contributed by atoms with E-state index in [4.69, 9.17) is 0 Å². The highest BCUT2D eigenvalue weighted by Gasteiger charge is 2.42. The molecule has 1 N–H and O–H groups in total. The third-order valence-electron chi connectivity index (χ3n) is 3.46. The van der Waals surface area contributed by atoms with E-state index in [1.165, 1.54) is 0 Å². The summed E-state index contributed by atoms with van der Waals surface area (Å²) in [6, 6.07) is 4.95. The van der Waals surface area contributed by atoms with E-state index in [2.05, 4.69) is 5.32 Å². The second-order valence-corrected chi connectivity index (χ2v) is 4.61. The Labute approximate surface area is 94.9 Å². The summed E-state index contributed by atoms with van der Waals surface area (Å²) in [5.74, 6) is -3.27. The van der Waals surface area contributed by atoms with Gasteiger partial charge in [-0.1, -0.05) is 12.1 Å². The number of rotatable bonds is 2. The standard InChI is InChI=1S/C13H17F2N/c1-9-3-4-11(7-10(9)2)13(14,15)12-5-6-16-8-12/h3-4,7,12,16H,5-6,8H2,1-2H3. The lowest BCUT2D eigenvalue weighted by Gasteiger charge is -2.23. The van der Waals surface area contributed by atoms with Crippen molar-refractivity contribution in [2.24, 2.45) is 5.92 Å². The third-order valence-corrected chi connectivity index (χ3v) is 3.46. The van der Waals surface area contributed by atoms with Crippen molar-refractivity contribution in [3.63, 3.8) is 0 Å². The average Bonchev–Trinajstić information content (AvgIpc) is 2.75. The summed E-state index contributed by atoms with van der Waals surface area (Å²) in [6.45, 7) is 4.93. The van der Waals surface area contributed by atoms with Gasteiger partial charge in [-0.25, -0.2) is 8.78 Å². The van der Waals surface area contributed by atoms with Crippen LogP contribution >= 0.6 is 0 Å². The number of hydrogen-bond acceptors (Lipinski definition) is 1. The summed E-state index contributed by atoms with van der Waals surface area (Å²) in [4.78, 5) is 0. The third kappa shape index (κ3) is 1.96. The van der Waals surface area contributed by atoms with Crippen molar-refractivity contribution < 1.29 is 8.78 Å². The summed E-state index contributed by atoms with van der Waals surface area (Å²) in [5, 5.41) is 2.99. The van der Waals surface area contributed by atoms with E-state index in [1.807, 2.05) is 13.8 Å². The van der Waals surface area contributed by atoms with E-state index in [9.17, 15) is 8.78 Å². The molecule has 16 heavy (non-hydrogen) atoms. The lowest BCUT2D eigenvalue weighted by Crippen LogP contribution is -2.27. The molecule has 0 aliphatic carbocycles. The minimum Gasteiger partial charge on any atom is -0.316 e. The van der Waals surface area contributed by atoms with E-state index < -0.39 is 11.8 Å². The van der Waals surface area contributed by atoms with Gasteiger partial charge in [0.25, 0.3) is 5.92 Å². The van der Waals surface area contributed by atoms with Crippen LogP contribution in [0.2, 0.25) is 0 Å². The average molecular weight is 225 g/mol. The van der Waals surface area contributed by atoms with Crippen LogP contribution in [-0.4, -0.2) is 13.1 Å². The van der Waals surface area contributed by atoms with Crippen LogP contribution < -0.4 is 5.32 Å². The van der Waals surface area contributed by atoms with Crippen LogP contribution in [0.4, 0.5) is 8.78 Å². The number of alkyl halides is 2. The molecule has 0 bridgehead atoms. The molecule has 1 heterocycles. The molecule has 1 aliphatic rings. The van der Waals surface area contributed by atoms with Gasteiger partial charge in [0.15, 0.2) is 0 Å². The zero-order valence-corrected chi connectivity index (χ0v) is 9.69. The first kappa shape index (κ1) is 11.5. The second kappa shape index (κ2) is 4.13. The van der Waals surface area contributed by atoms with Crippen LogP contribution in [0.1, 0.15) is 23.1 Å². The van der Waals surface area contributed by atoms with E-state index in [1.54, 1.807) is 18.2 Å². The zero-order chi connectivity index (χ0) is 11.8. The van der Waals surface area contributed by atoms with Crippen molar-refractivity contribution in [1.29, 1.82) is 0 Å². The Hall–Kier alpha value is -0.960. The normalized spacial score (nSPS) is 21.4. The predicted octanol–water partition coefficient (Wildman–Crippen LogP) is 3.00. The molecule has 1 fully saturated rings. The Kier molecular flexibility index (Phi) is 2.98. The van der Waals surface area contributed by atoms with Crippen molar-refractivity contribution >= 4 is 0 Å². The van der Waals surface area contributed by atoms with Crippen molar-refractivity contribution in [3.05, 3.63) is 34.9 Å². The van der Waals surface area contributed by atoms with E-state index in [0.717, 1.165) is 11.1 Å². The Bertz CT molecular complexity index is 382. The van der Waals surface area contributed by atoms with Crippen LogP contribution in [0, 0.1) is 19.8 Å². The molecule has 3 heteroatoms. The molecule has 2 rings (SSSR count). The van der Waals surface area contributed by atoms with E-state index in [0.29, 0.717) is 19.5 Å². The van der Waals surface area contributed by atoms with Gasteiger partial charge in [-0.05, 0) is 44.0 Å². The Balaban J connectivity index is 2.30. The molecule has 0 aromatic heterocycles. The van der Waals surface area contributed by atoms with Gasteiger partial charge in [0.05, 0.1) is 0 Å². The second-order valence-electron chi connectivity index (χ2n) is 4.61. The fourth-order valence-electron chi connectivity index (χ4n) is 2.15. The number of halogens is 2. The van der Waals surface area contributed by atoms with Crippen LogP contribution in [0.25, 0.3) is 0 Å². The number of aryl methyl sites for hydroxylation is 2. The highest BCUT2D eigenvalue weighted by Crippen LogP contribution is 2.39. The first-order valence-corrected chi connectivity index (χ1v) is 5.68. The SMILES string of the molecule is Cc1ccc(C(F)(F)C2CCNC2)cc1C. The fourth-order valence-corrected chi connectivity index (χ4v) is 2.15. The number of hydrogen-bond donors (Lipinski definition) is 1. The number of nitrogens with one attached hydrogen (secondary N) is 1. The van der Waals surface area contributed by atoms with Gasteiger partial charge in [-0.3, -0.25) is 0 Å². The minimum absolute atomic E-state index is 0.157. The summed E-state index contributed by atoms with van der Waals surface area (Å²) in [5.41, 5.74) is 2.15. The maximum absolute atomic E-state index is 14.1. The van der Waals surface area contributed by atoms with Gasteiger partial charge in [-0.15, -0.1) is 0 Å². The van der Waals surface area contributed by atoms with Crippen LogP contribution in [0.5, 0.6) is 0 Å². The molecule has 0 radical (unpaired) electrons. The van der Waals surface area contributed by atoms with Crippen molar-refractivity contribution in [1.82, 2.24) is 5.32 Å². The van der Waals surface area contributed by atoms with Crippen LogP contribution in [0.3, 0.4) is 0 Å². The Morgan fingerprint density at radius 1 is 1.25 bits per heavy atom. The fraction of sp³-hybridized carbons (Fsp3) is 0.538. The van der Waals surface area contributed by atoms with Gasteiger partial charge < -0.3 is 5.32 Å². The molecular formula is C13H17F2N. The van der Waals surface area contributed by atoms with Gasteiger partial charge in [0.1, 0.15) is 0 Å². The maximum atomic E-state index is 14.1. The first-order valence-electron chi connectivity index (χ1n) is 5.68. The smallest absolute Gasteiger partial charge is 0.277 e. The van der Waals surface area contributed by atoms with Crippen LogP contribution in [-0.2, 0) is 5.92 Å².